The van der Waals surface area contributed by atoms with Crippen molar-refractivity contribution >= 4 is 5.96 Å². The molecule has 0 saturated carbocycles. The second-order valence-corrected chi connectivity index (χ2v) is 5.91. The molecular weight excluding hydrogens is 314 g/mol. The smallest absolute Gasteiger partial charge is 0.191 e. The van der Waals surface area contributed by atoms with E-state index in [-0.39, 0.29) is 0 Å². The number of ether oxygens (including phenoxy) is 1. The zero-order valence-corrected chi connectivity index (χ0v) is 15.4. The summed E-state index contributed by atoms with van der Waals surface area (Å²) in [6.07, 6.45) is 4.85. The summed E-state index contributed by atoms with van der Waals surface area (Å²) in [5, 5.41) is 13.7. The standard InChI is InChI=1S/C19H29N5O/c1-4-20-19(21-12-5-6-17-14-23-24-15(17)2)22-13-11-16-7-9-18(25-3)10-8-16/h7-10,14H,4-6,11-13H2,1-3H3,(H,23,24)(H2,20,21,22). The van der Waals surface area contributed by atoms with Gasteiger partial charge in [0.05, 0.1) is 13.3 Å². The van der Waals surface area contributed by atoms with Gasteiger partial charge in [-0.25, -0.2) is 0 Å². The quantitative estimate of drug-likeness (QED) is 0.371. The molecule has 25 heavy (non-hydrogen) atoms. The van der Waals surface area contributed by atoms with Crippen LogP contribution in [0.5, 0.6) is 5.75 Å². The van der Waals surface area contributed by atoms with Crippen molar-refractivity contribution < 1.29 is 4.74 Å². The highest BCUT2D eigenvalue weighted by Crippen LogP contribution is 2.11. The van der Waals surface area contributed by atoms with Gasteiger partial charge in [0.15, 0.2) is 5.96 Å². The Morgan fingerprint density at radius 1 is 1.20 bits per heavy atom. The molecule has 0 saturated heterocycles. The third kappa shape index (κ3) is 6.49. The molecule has 0 fully saturated rings. The lowest BCUT2D eigenvalue weighted by Gasteiger charge is -2.11. The van der Waals surface area contributed by atoms with Crippen LogP contribution in [-0.2, 0) is 12.8 Å². The molecule has 6 nitrogen and oxygen atoms in total. The van der Waals surface area contributed by atoms with Gasteiger partial charge in [-0.3, -0.25) is 10.1 Å². The predicted molar refractivity (Wildman–Crippen MR) is 102 cm³/mol. The molecule has 0 aliphatic heterocycles. The molecule has 0 aliphatic carbocycles. The van der Waals surface area contributed by atoms with Gasteiger partial charge >= 0.3 is 0 Å². The molecule has 1 aromatic carbocycles. The summed E-state index contributed by atoms with van der Waals surface area (Å²) in [5.74, 6) is 1.76. The van der Waals surface area contributed by atoms with E-state index in [1.165, 1.54) is 11.1 Å². The molecule has 136 valence electrons. The Morgan fingerprint density at radius 2 is 2.00 bits per heavy atom. The number of H-pyrrole nitrogens is 1. The van der Waals surface area contributed by atoms with Crippen LogP contribution >= 0.6 is 0 Å². The summed E-state index contributed by atoms with van der Waals surface area (Å²) in [5.41, 5.74) is 3.70. The molecule has 1 heterocycles. The van der Waals surface area contributed by atoms with E-state index in [2.05, 4.69) is 51.8 Å². The van der Waals surface area contributed by atoms with Crippen molar-refractivity contribution in [1.82, 2.24) is 20.8 Å². The summed E-state index contributed by atoms with van der Waals surface area (Å²) in [4.78, 5) is 4.64. The number of aryl methyl sites for hydroxylation is 2. The minimum Gasteiger partial charge on any atom is -0.497 e. The minimum atomic E-state index is 0.794. The second kappa shape index (κ2) is 10.4. The van der Waals surface area contributed by atoms with Gasteiger partial charge in [-0.1, -0.05) is 12.1 Å². The summed E-state index contributed by atoms with van der Waals surface area (Å²) in [6.45, 7) is 6.63. The third-order valence-corrected chi connectivity index (χ3v) is 4.02. The third-order valence-electron chi connectivity index (χ3n) is 4.02. The predicted octanol–water partition coefficient (Wildman–Crippen LogP) is 2.46. The average Bonchev–Trinajstić information content (AvgIpc) is 3.04. The summed E-state index contributed by atoms with van der Waals surface area (Å²) in [6, 6.07) is 8.18. The number of benzene rings is 1. The first kappa shape index (κ1) is 18.8. The molecular formula is C19H29N5O. The van der Waals surface area contributed by atoms with Crippen molar-refractivity contribution in [3.63, 3.8) is 0 Å². The fourth-order valence-electron chi connectivity index (χ4n) is 2.55. The fourth-order valence-corrected chi connectivity index (χ4v) is 2.55. The first-order valence-electron chi connectivity index (χ1n) is 8.87. The van der Waals surface area contributed by atoms with Crippen LogP contribution in [0.15, 0.2) is 35.5 Å². The normalized spacial score (nSPS) is 11.4. The van der Waals surface area contributed by atoms with Gasteiger partial charge in [-0.15, -0.1) is 0 Å². The number of nitrogens with zero attached hydrogens (tertiary/aromatic N) is 2. The van der Waals surface area contributed by atoms with E-state index in [9.17, 15) is 0 Å². The van der Waals surface area contributed by atoms with Crippen LogP contribution < -0.4 is 15.4 Å². The van der Waals surface area contributed by atoms with Gasteiger partial charge in [0.25, 0.3) is 0 Å². The van der Waals surface area contributed by atoms with Gasteiger partial charge in [-0.2, -0.15) is 5.10 Å². The number of hydrogen-bond acceptors (Lipinski definition) is 3. The van der Waals surface area contributed by atoms with Crippen LogP contribution in [0.2, 0.25) is 0 Å². The zero-order valence-electron chi connectivity index (χ0n) is 15.4. The Morgan fingerprint density at radius 3 is 2.64 bits per heavy atom. The van der Waals surface area contributed by atoms with Crippen LogP contribution in [0.1, 0.15) is 30.2 Å². The molecule has 1 aromatic heterocycles. The van der Waals surface area contributed by atoms with E-state index in [1.54, 1.807) is 7.11 Å². The van der Waals surface area contributed by atoms with Gasteiger partial charge in [0.1, 0.15) is 5.75 Å². The molecule has 0 atom stereocenters. The molecule has 0 bridgehead atoms. The molecule has 2 aromatic rings. The van der Waals surface area contributed by atoms with Crippen LogP contribution in [0.25, 0.3) is 0 Å². The maximum Gasteiger partial charge on any atom is 0.191 e. The van der Waals surface area contributed by atoms with Crippen LogP contribution in [0.4, 0.5) is 0 Å². The molecule has 3 N–H and O–H groups in total. The zero-order chi connectivity index (χ0) is 17.9. The molecule has 0 aliphatic rings. The number of rotatable bonds is 9. The van der Waals surface area contributed by atoms with Gasteiger partial charge in [-0.05, 0) is 56.4 Å². The monoisotopic (exact) mass is 343 g/mol. The summed E-state index contributed by atoms with van der Waals surface area (Å²) >= 11 is 0. The first-order valence-corrected chi connectivity index (χ1v) is 8.87. The van der Waals surface area contributed by atoms with E-state index in [0.29, 0.717) is 0 Å². The van der Waals surface area contributed by atoms with E-state index in [0.717, 1.165) is 56.3 Å². The maximum absolute atomic E-state index is 5.18. The summed E-state index contributed by atoms with van der Waals surface area (Å²) in [7, 11) is 1.68. The number of hydrogen-bond donors (Lipinski definition) is 3. The number of methoxy groups -OCH3 is 1. The topological polar surface area (TPSA) is 74.3 Å². The number of aliphatic imine (C=N–C) groups is 1. The van der Waals surface area contributed by atoms with E-state index >= 15 is 0 Å². The van der Waals surface area contributed by atoms with Crippen molar-refractivity contribution in [3.8, 4) is 5.75 Å². The van der Waals surface area contributed by atoms with Crippen LogP contribution in [-0.4, -0.2) is 42.9 Å². The Bertz CT molecular complexity index is 648. The highest BCUT2D eigenvalue weighted by atomic mass is 16.5. The highest BCUT2D eigenvalue weighted by molar-refractivity contribution is 5.79. The molecule has 0 spiro atoms. The lowest BCUT2D eigenvalue weighted by Crippen LogP contribution is -2.38. The van der Waals surface area contributed by atoms with Crippen molar-refractivity contribution in [2.45, 2.75) is 33.1 Å². The summed E-state index contributed by atoms with van der Waals surface area (Å²) < 4.78 is 5.18. The average molecular weight is 343 g/mol. The SMILES string of the molecule is CCNC(=NCCCc1cn[nH]c1C)NCCc1ccc(OC)cc1. The van der Waals surface area contributed by atoms with Crippen molar-refractivity contribution in [1.29, 1.82) is 0 Å². The lowest BCUT2D eigenvalue weighted by molar-refractivity contribution is 0.414. The van der Waals surface area contributed by atoms with Crippen molar-refractivity contribution in [2.75, 3.05) is 26.7 Å². The molecule has 6 heteroatoms. The molecule has 0 radical (unpaired) electrons. The largest absolute Gasteiger partial charge is 0.497 e. The van der Waals surface area contributed by atoms with Crippen LogP contribution in [0.3, 0.4) is 0 Å². The minimum absolute atomic E-state index is 0.794. The number of aromatic nitrogens is 2. The lowest BCUT2D eigenvalue weighted by atomic mass is 10.1. The van der Waals surface area contributed by atoms with E-state index in [4.69, 9.17) is 4.74 Å². The number of guanidine groups is 1. The second-order valence-electron chi connectivity index (χ2n) is 5.91. The van der Waals surface area contributed by atoms with Crippen molar-refractivity contribution in [2.24, 2.45) is 4.99 Å². The highest BCUT2D eigenvalue weighted by Gasteiger charge is 2.01. The Kier molecular flexibility index (Phi) is 7.82. The van der Waals surface area contributed by atoms with E-state index < -0.39 is 0 Å². The fraction of sp³-hybridized carbons (Fsp3) is 0.474. The van der Waals surface area contributed by atoms with Gasteiger partial charge in [0, 0.05) is 25.3 Å². The maximum atomic E-state index is 5.18. The van der Waals surface area contributed by atoms with Crippen LogP contribution in [0, 0.1) is 6.92 Å². The van der Waals surface area contributed by atoms with Gasteiger partial charge < -0.3 is 15.4 Å². The Hall–Kier alpha value is -2.50. The number of nitrogens with one attached hydrogen (secondary N) is 3. The van der Waals surface area contributed by atoms with Gasteiger partial charge in [0.2, 0.25) is 0 Å². The Labute approximate surface area is 150 Å². The molecule has 0 unspecified atom stereocenters. The van der Waals surface area contributed by atoms with E-state index in [1.807, 2.05) is 18.3 Å². The molecule has 2 rings (SSSR count). The first-order chi connectivity index (χ1) is 12.2. The van der Waals surface area contributed by atoms with Crippen molar-refractivity contribution in [3.05, 3.63) is 47.3 Å². The Balaban J connectivity index is 1.73. The number of aromatic amines is 1. The molecule has 0 amide bonds.